The monoisotopic (exact) mass is 281 g/mol. The zero-order valence-electron chi connectivity index (χ0n) is 9.34. The Hall–Kier alpha value is -1.86. The molecule has 1 heterocycles. The van der Waals surface area contributed by atoms with Crippen LogP contribution in [0.1, 0.15) is 11.7 Å². The maximum atomic E-state index is 13.9. The van der Waals surface area contributed by atoms with Crippen LogP contribution < -0.4 is 0 Å². The van der Waals surface area contributed by atoms with Crippen LogP contribution in [0.5, 0.6) is 0 Å². The molecule has 1 aliphatic rings. The number of rotatable bonds is 2. The standard InChI is InChI=1S/C11H8F5NO2/c12-5-1-6(13)10(16)7(9(5)15)8(14)4-2-17(3-4)11(18)19/h1,4,8H,2-3H2,(H,18,19). The highest BCUT2D eigenvalue weighted by atomic mass is 19.2. The Kier molecular flexibility index (Phi) is 3.34. The molecule has 1 fully saturated rings. The fourth-order valence-corrected chi connectivity index (χ4v) is 1.92. The number of hydrogen-bond donors (Lipinski definition) is 1. The number of alkyl halides is 1. The predicted octanol–water partition coefficient (Wildman–Crippen LogP) is 2.86. The van der Waals surface area contributed by atoms with Crippen molar-refractivity contribution in [3.63, 3.8) is 0 Å². The van der Waals surface area contributed by atoms with Crippen molar-refractivity contribution in [3.8, 4) is 0 Å². The van der Waals surface area contributed by atoms with Gasteiger partial charge in [0.1, 0.15) is 6.17 Å². The van der Waals surface area contributed by atoms with E-state index in [4.69, 9.17) is 5.11 Å². The average molecular weight is 281 g/mol. The van der Waals surface area contributed by atoms with E-state index in [0.717, 1.165) is 4.90 Å². The highest BCUT2D eigenvalue weighted by Crippen LogP contribution is 2.37. The molecule has 1 aromatic rings. The summed E-state index contributed by atoms with van der Waals surface area (Å²) in [7, 11) is 0. The van der Waals surface area contributed by atoms with Crippen LogP contribution in [0.2, 0.25) is 0 Å². The number of benzene rings is 1. The third-order valence-corrected chi connectivity index (χ3v) is 3.02. The van der Waals surface area contributed by atoms with E-state index in [1.165, 1.54) is 0 Å². The SMILES string of the molecule is O=C(O)N1CC(C(F)c2c(F)c(F)cc(F)c2F)C1. The van der Waals surface area contributed by atoms with Gasteiger partial charge in [-0.05, 0) is 0 Å². The Labute approximate surface area is 104 Å². The van der Waals surface area contributed by atoms with Crippen molar-refractivity contribution in [3.05, 3.63) is 34.9 Å². The largest absolute Gasteiger partial charge is 0.465 e. The van der Waals surface area contributed by atoms with Crippen LogP contribution in [0.25, 0.3) is 0 Å². The molecular weight excluding hydrogens is 273 g/mol. The van der Waals surface area contributed by atoms with Crippen molar-refractivity contribution >= 4 is 6.09 Å². The average Bonchev–Trinajstić information content (AvgIpc) is 2.24. The fraction of sp³-hybridized carbons (Fsp3) is 0.364. The van der Waals surface area contributed by atoms with E-state index in [1.807, 2.05) is 0 Å². The summed E-state index contributed by atoms with van der Waals surface area (Å²) in [5, 5.41) is 8.54. The molecule has 0 aliphatic carbocycles. The summed E-state index contributed by atoms with van der Waals surface area (Å²) in [6, 6.07) is -0.00872. The van der Waals surface area contributed by atoms with Gasteiger partial charge in [0.05, 0.1) is 5.56 Å². The Bertz CT molecular complexity index is 504. The molecule has 3 nitrogen and oxygen atoms in total. The van der Waals surface area contributed by atoms with Crippen LogP contribution >= 0.6 is 0 Å². The summed E-state index contributed by atoms with van der Waals surface area (Å²) < 4.78 is 66.3. The number of amides is 1. The van der Waals surface area contributed by atoms with E-state index >= 15 is 0 Å². The van der Waals surface area contributed by atoms with Crippen LogP contribution in [0.4, 0.5) is 26.7 Å². The van der Waals surface area contributed by atoms with Gasteiger partial charge in [-0.25, -0.2) is 26.7 Å². The number of likely N-dealkylation sites (tertiary alicyclic amines) is 1. The number of carbonyl (C=O) groups is 1. The lowest BCUT2D eigenvalue weighted by Crippen LogP contribution is -2.51. The molecule has 104 valence electrons. The first-order valence-corrected chi connectivity index (χ1v) is 5.27. The van der Waals surface area contributed by atoms with Crippen LogP contribution in [0, 0.1) is 29.2 Å². The molecule has 1 aliphatic heterocycles. The minimum absolute atomic E-state index is 0.00872. The Morgan fingerprint density at radius 1 is 1.21 bits per heavy atom. The molecule has 0 radical (unpaired) electrons. The van der Waals surface area contributed by atoms with Gasteiger partial charge in [0.15, 0.2) is 23.3 Å². The summed E-state index contributed by atoms with van der Waals surface area (Å²) in [4.78, 5) is 11.3. The summed E-state index contributed by atoms with van der Waals surface area (Å²) in [5.74, 6) is -7.99. The topological polar surface area (TPSA) is 40.5 Å². The molecule has 0 aromatic heterocycles. The highest BCUT2D eigenvalue weighted by Gasteiger charge is 2.40. The minimum Gasteiger partial charge on any atom is -0.465 e. The van der Waals surface area contributed by atoms with E-state index in [0.29, 0.717) is 0 Å². The first-order valence-electron chi connectivity index (χ1n) is 5.27. The number of hydrogen-bond acceptors (Lipinski definition) is 1. The second-order valence-electron chi connectivity index (χ2n) is 4.23. The predicted molar refractivity (Wildman–Crippen MR) is 53.2 cm³/mol. The van der Waals surface area contributed by atoms with E-state index in [9.17, 15) is 26.7 Å². The lowest BCUT2D eigenvalue weighted by Gasteiger charge is -2.38. The zero-order valence-corrected chi connectivity index (χ0v) is 9.34. The molecule has 19 heavy (non-hydrogen) atoms. The zero-order chi connectivity index (χ0) is 14.3. The number of nitrogens with zero attached hydrogens (tertiary/aromatic N) is 1. The Morgan fingerprint density at radius 3 is 2.11 bits per heavy atom. The van der Waals surface area contributed by atoms with Crippen molar-refractivity contribution in [2.75, 3.05) is 13.1 Å². The molecule has 1 atom stereocenters. The number of carboxylic acid groups (broad SMARTS) is 1. The summed E-state index contributed by atoms with van der Waals surface area (Å²) in [5.41, 5.74) is -1.33. The molecule has 1 saturated heterocycles. The third kappa shape index (κ3) is 2.22. The van der Waals surface area contributed by atoms with Gasteiger partial charge in [0.25, 0.3) is 0 Å². The first kappa shape index (κ1) is 13.6. The van der Waals surface area contributed by atoms with Crippen LogP contribution in [0.15, 0.2) is 6.07 Å². The molecule has 1 unspecified atom stereocenters. The molecule has 0 bridgehead atoms. The van der Waals surface area contributed by atoms with Gasteiger partial charge in [-0.2, -0.15) is 0 Å². The van der Waals surface area contributed by atoms with E-state index in [-0.39, 0.29) is 19.2 Å². The van der Waals surface area contributed by atoms with Gasteiger partial charge >= 0.3 is 6.09 Å². The van der Waals surface area contributed by atoms with E-state index in [1.54, 1.807) is 0 Å². The molecule has 0 saturated carbocycles. The van der Waals surface area contributed by atoms with Gasteiger partial charge in [-0.15, -0.1) is 0 Å². The van der Waals surface area contributed by atoms with Gasteiger partial charge in [-0.3, -0.25) is 0 Å². The van der Waals surface area contributed by atoms with Gasteiger partial charge in [0, 0.05) is 25.1 Å². The maximum absolute atomic E-state index is 13.9. The molecule has 1 amide bonds. The molecule has 1 aromatic carbocycles. The number of halogens is 5. The fourth-order valence-electron chi connectivity index (χ4n) is 1.92. The van der Waals surface area contributed by atoms with Gasteiger partial charge in [-0.1, -0.05) is 0 Å². The molecule has 8 heteroatoms. The van der Waals surface area contributed by atoms with E-state index in [2.05, 4.69) is 0 Å². The van der Waals surface area contributed by atoms with Crippen molar-refractivity contribution in [1.29, 1.82) is 0 Å². The van der Waals surface area contributed by atoms with Crippen molar-refractivity contribution in [1.82, 2.24) is 4.90 Å². The Balaban J connectivity index is 2.26. The van der Waals surface area contributed by atoms with Crippen molar-refractivity contribution < 1.29 is 31.9 Å². The summed E-state index contributed by atoms with van der Waals surface area (Å²) >= 11 is 0. The van der Waals surface area contributed by atoms with Crippen molar-refractivity contribution in [2.24, 2.45) is 5.92 Å². The molecule has 2 rings (SSSR count). The molecular formula is C11H8F5NO2. The summed E-state index contributed by atoms with van der Waals surface area (Å²) in [6.07, 6.45) is -3.60. The van der Waals surface area contributed by atoms with Crippen LogP contribution in [-0.4, -0.2) is 29.2 Å². The second-order valence-corrected chi connectivity index (χ2v) is 4.23. The first-order chi connectivity index (χ1) is 8.82. The van der Waals surface area contributed by atoms with Gasteiger partial charge < -0.3 is 10.0 Å². The third-order valence-electron chi connectivity index (χ3n) is 3.02. The van der Waals surface area contributed by atoms with Crippen LogP contribution in [-0.2, 0) is 0 Å². The highest BCUT2D eigenvalue weighted by molar-refractivity contribution is 5.66. The normalized spacial score (nSPS) is 17.2. The quantitative estimate of drug-likeness (QED) is 0.669. The summed E-state index contributed by atoms with van der Waals surface area (Å²) in [6.45, 7) is -0.568. The smallest absolute Gasteiger partial charge is 0.407 e. The van der Waals surface area contributed by atoms with Gasteiger partial charge in [0.2, 0.25) is 0 Å². The molecule has 0 spiro atoms. The van der Waals surface area contributed by atoms with Crippen molar-refractivity contribution in [2.45, 2.75) is 6.17 Å². The van der Waals surface area contributed by atoms with Crippen LogP contribution in [0.3, 0.4) is 0 Å². The lowest BCUT2D eigenvalue weighted by molar-refractivity contribution is 0.0379. The Morgan fingerprint density at radius 2 is 1.68 bits per heavy atom. The molecule has 1 N–H and O–H groups in total. The van der Waals surface area contributed by atoms with E-state index < -0.39 is 47.0 Å². The maximum Gasteiger partial charge on any atom is 0.407 e. The lowest BCUT2D eigenvalue weighted by atomic mass is 9.90. The second kappa shape index (κ2) is 4.67. The minimum atomic E-state index is -2.30.